The van der Waals surface area contributed by atoms with Crippen molar-refractivity contribution in [1.29, 1.82) is 0 Å². The maximum atomic E-state index is 12.4. The first-order valence-corrected chi connectivity index (χ1v) is 14.1. The second-order valence-electron chi connectivity index (χ2n) is 13.6. The summed E-state index contributed by atoms with van der Waals surface area (Å²) in [5.74, 6) is 0.460. The van der Waals surface area contributed by atoms with Crippen LogP contribution in [0.5, 0.6) is 0 Å². The Kier molecular flexibility index (Phi) is 7.30. The Hall–Kier alpha value is -1.63. The van der Waals surface area contributed by atoms with Crippen molar-refractivity contribution in [2.45, 2.75) is 136 Å². The monoisotopic (exact) mass is 506 g/mol. The Labute approximate surface area is 216 Å². The molecule has 5 saturated carbocycles. The lowest BCUT2D eigenvalue weighted by molar-refractivity contribution is -0.225. The molecule has 7 nitrogen and oxygen atoms in total. The van der Waals surface area contributed by atoms with Crippen LogP contribution in [0.4, 0.5) is 0 Å². The molecule has 0 amide bonds. The minimum absolute atomic E-state index is 0.0231. The average Bonchev–Trinajstić information content (AvgIpc) is 3.33. The average molecular weight is 507 g/mol. The molecule has 1 N–H and O–H groups in total. The van der Waals surface area contributed by atoms with Gasteiger partial charge in [-0.05, 0) is 104 Å². The number of esters is 3. The van der Waals surface area contributed by atoms with Crippen LogP contribution in [0.15, 0.2) is 0 Å². The topological polar surface area (TPSA) is 99.1 Å². The van der Waals surface area contributed by atoms with E-state index in [-0.39, 0.29) is 35.5 Å². The zero-order valence-electron chi connectivity index (χ0n) is 23.1. The molecule has 0 spiro atoms. The first kappa shape index (κ1) is 27.4. The number of carbonyl (C=O) groups is 3. The molecule has 36 heavy (non-hydrogen) atoms. The Morgan fingerprint density at radius 3 is 2.11 bits per heavy atom. The van der Waals surface area contributed by atoms with Crippen LogP contribution in [0.1, 0.15) is 112 Å². The second-order valence-corrected chi connectivity index (χ2v) is 13.6. The van der Waals surface area contributed by atoms with Crippen molar-refractivity contribution in [1.82, 2.24) is 0 Å². The SMILES string of the molecule is CCC(C)(C)C(=O)OC12CC3CC(CC(O)(C3)C1)C2.CCC(C)(C)C(=O)OC1C(=O)OC2CCCC21. The van der Waals surface area contributed by atoms with Gasteiger partial charge in [-0.3, -0.25) is 9.59 Å². The zero-order valence-corrected chi connectivity index (χ0v) is 23.1. The van der Waals surface area contributed by atoms with E-state index in [1.165, 1.54) is 6.42 Å². The molecule has 5 unspecified atom stereocenters. The highest BCUT2D eigenvalue weighted by Crippen LogP contribution is 2.59. The maximum absolute atomic E-state index is 12.4. The largest absolute Gasteiger partial charge is 0.459 e. The Morgan fingerprint density at radius 2 is 1.56 bits per heavy atom. The number of ether oxygens (including phenoxy) is 3. The summed E-state index contributed by atoms with van der Waals surface area (Å²) in [5.41, 5.74) is -1.86. The first-order valence-electron chi connectivity index (χ1n) is 14.1. The smallest absolute Gasteiger partial charge is 0.348 e. The fourth-order valence-corrected chi connectivity index (χ4v) is 7.12. The minimum Gasteiger partial charge on any atom is -0.459 e. The van der Waals surface area contributed by atoms with Gasteiger partial charge in [0, 0.05) is 12.3 Å². The third-order valence-corrected chi connectivity index (χ3v) is 9.79. The second kappa shape index (κ2) is 9.59. The van der Waals surface area contributed by atoms with Crippen LogP contribution in [0.2, 0.25) is 0 Å². The molecule has 204 valence electrons. The number of aliphatic hydroxyl groups is 1. The van der Waals surface area contributed by atoms with Gasteiger partial charge in [-0.15, -0.1) is 0 Å². The van der Waals surface area contributed by atoms with E-state index in [1.54, 1.807) is 0 Å². The van der Waals surface area contributed by atoms with Crippen LogP contribution in [0, 0.1) is 28.6 Å². The van der Waals surface area contributed by atoms with Gasteiger partial charge >= 0.3 is 17.9 Å². The number of hydrogen-bond donors (Lipinski definition) is 1. The molecule has 7 heteroatoms. The summed E-state index contributed by atoms with van der Waals surface area (Å²) in [6, 6.07) is 0. The molecule has 5 atom stereocenters. The fraction of sp³-hybridized carbons (Fsp3) is 0.897. The molecular weight excluding hydrogens is 460 g/mol. The number of hydrogen-bond acceptors (Lipinski definition) is 7. The number of fused-ring (bicyclic) bond motifs is 1. The highest BCUT2D eigenvalue weighted by molar-refractivity contribution is 5.83. The zero-order chi connectivity index (χ0) is 26.5. The van der Waals surface area contributed by atoms with Gasteiger partial charge in [0.2, 0.25) is 6.10 Å². The summed E-state index contributed by atoms with van der Waals surface area (Å²) in [6.45, 7) is 11.5. The van der Waals surface area contributed by atoms with Crippen molar-refractivity contribution < 1.29 is 33.7 Å². The van der Waals surface area contributed by atoms with Gasteiger partial charge in [-0.2, -0.15) is 0 Å². The van der Waals surface area contributed by atoms with Crippen molar-refractivity contribution in [3.8, 4) is 0 Å². The van der Waals surface area contributed by atoms with Crippen LogP contribution in [-0.4, -0.2) is 46.4 Å². The van der Waals surface area contributed by atoms with Crippen LogP contribution in [-0.2, 0) is 28.6 Å². The van der Waals surface area contributed by atoms with E-state index in [4.69, 9.17) is 14.2 Å². The quantitative estimate of drug-likeness (QED) is 0.395. The molecular formula is C29H46O7. The highest BCUT2D eigenvalue weighted by Gasteiger charge is 2.59. The predicted molar refractivity (Wildman–Crippen MR) is 134 cm³/mol. The van der Waals surface area contributed by atoms with Crippen molar-refractivity contribution in [2.75, 3.05) is 0 Å². The Balaban J connectivity index is 0.000000170. The molecule has 1 aliphatic heterocycles. The molecule has 0 radical (unpaired) electrons. The predicted octanol–water partition coefficient (Wildman–Crippen LogP) is 5.11. The molecule has 0 aromatic heterocycles. The van der Waals surface area contributed by atoms with E-state index < -0.39 is 22.5 Å². The van der Waals surface area contributed by atoms with Gasteiger partial charge in [0.05, 0.1) is 16.4 Å². The van der Waals surface area contributed by atoms with Crippen molar-refractivity contribution in [2.24, 2.45) is 28.6 Å². The molecule has 6 fully saturated rings. The summed E-state index contributed by atoms with van der Waals surface area (Å²) >= 11 is 0. The van der Waals surface area contributed by atoms with E-state index in [9.17, 15) is 19.5 Å². The van der Waals surface area contributed by atoms with E-state index in [0.717, 1.165) is 51.4 Å². The molecule has 1 heterocycles. The van der Waals surface area contributed by atoms with Gasteiger partial charge in [0.15, 0.2) is 0 Å². The number of rotatable bonds is 6. The molecule has 0 aromatic carbocycles. The first-order chi connectivity index (χ1) is 16.7. The molecule has 6 aliphatic rings. The normalized spacial score (nSPS) is 38.6. The van der Waals surface area contributed by atoms with Gasteiger partial charge in [0.25, 0.3) is 0 Å². The minimum atomic E-state index is -0.666. The van der Waals surface area contributed by atoms with Crippen LogP contribution in [0.25, 0.3) is 0 Å². The summed E-state index contributed by atoms with van der Waals surface area (Å²) in [5, 5.41) is 10.6. The van der Waals surface area contributed by atoms with Gasteiger partial charge < -0.3 is 19.3 Å². The van der Waals surface area contributed by atoms with Gasteiger partial charge in [-0.1, -0.05) is 13.8 Å². The maximum Gasteiger partial charge on any atom is 0.348 e. The van der Waals surface area contributed by atoms with Crippen molar-refractivity contribution in [3.05, 3.63) is 0 Å². The molecule has 1 saturated heterocycles. The van der Waals surface area contributed by atoms with Gasteiger partial charge in [0.1, 0.15) is 11.7 Å². The van der Waals surface area contributed by atoms with Gasteiger partial charge in [-0.25, -0.2) is 4.79 Å². The summed E-state index contributed by atoms with van der Waals surface area (Å²) in [7, 11) is 0. The summed E-state index contributed by atoms with van der Waals surface area (Å²) in [6.07, 6.45) is 9.33. The van der Waals surface area contributed by atoms with E-state index in [2.05, 4.69) is 0 Å². The van der Waals surface area contributed by atoms with Crippen LogP contribution in [0.3, 0.4) is 0 Å². The van der Waals surface area contributed by atoms with E-state index >= 15 is 0 Å². The molecule has 5 aliphatic carbocycles. The summed E-state index contributed by atoms with van der Waals surface area (Å²) in [4.78, 5) is 36.0. The highest BCUT2D eigenvalue weighted by atomic mass is 16.6. The third kappa shape index (κ3) is 5.32. The lowest BCUT2D eigenvalue weighted by Crippen LogP contribution is -2.61. The molecule has 4 bridgehead atoms. The van der Waals surface area contributed by atoms with Crippen LogP contribution < -0.4 is 0 Å². The lowest BCUT2D eigenvalue weighted by Gasteiger charge is -2.59. The third-order valence-electron chi connectivity index (χ3n) is 9.79. The summed E-state index contributed by atoms with van der Waals surface area (Å²) < 4.78 is 16.6. The van der Waals surface area contributed by atoms with Crippen LogP contribution >= 0.6 is 0 Å². The Morgan fingerprint density at radius 1 is 0.972 bits per heavy atom. The van der Waals surface area contributed by atoms with Crippen molar-refractivity contribution >= 4 is 17.9 Å². The molecule has 6 rings (SSSR count). The molecule has 0 aromatic rings. The standard InChI is InChI=1S/C16H26O3.C13H20O4/c1-4-14(2,3)13(17)19-16-8-11-5-12(9-16)7-15(18,6-11)10-16;1-4-13(2,3)12(15)17-10-8-6-5-7-9(8)16-11(10)14/h11-12,18H,4-10H2,1-3H3;8-10H,4-7H2,1-3H3. The van der Waals surface area contributed by atoms with E-state index in [1.807, 2.05) is 41.5 Å². The van der Waals surface area contributed by atoms with E-state index in [0.29, 0.717) is 24.7 Å². The number of carbonyl (C=O) groups excluding carboxylic acids is 3. The fourth-order valence-electron chi connectivity index (χ4n) is 7.12. The van der Waals surface area contributed by atoms with Crippen molar-refractivity contribution in [3.63, 3.8) is 0 Å². The Bertz CT molecular complexity index is 861. The lowest BCUT2D eigenvalue weighted by atomic mass is 9.52.